The van der Waals surface area contributed by atoms with Crippen LogP contribution in [0.1, 0.15) is 120 Å². The Hall–Kier alpha value is 1.17. The van der Waals surface area contributed by atoms with E-state index in [2.05, 4.69) is 13.8 Å². The topological polar surface area (TPSA) is 63.6 Å². The second kappa shape index (κ2) is 21.9. The zero-order chi connectivity index (χ0) is 19.0. The average Bonchev–Trinajstić information content (AvgIpc) is 2.54. The molecule has 0 aliphatic rings. The molecule has 0 saturated heterocycles. The monoisotopic (exact) mass is 404 g/mol. The van der Waals surface area contributed by atoms with Crippen molar-refractivity contribution in [1.29, 1.82) is 0 Å². The predicted octanol–water partition coefficient (Wildman–Crippen LogP) is 0.497. The Morgan fingerprint density at radius 1 is 0.815 bits per heavy atom. The van der Waals surface area contributed by atoms with Crippen molar-refractivity contribution in [2.24, 2.45) is 0 Å². The number of carbonyl (C=O) groups is 2. The summed E-state index contributed by atoms with van der Waals surface area (Å²) in [5.41, 5.74) is -0.511. The van der Waals surface area contributed by atoms with E-state index >= 15 is 0 Å². The van der Waals surface area contributed by atoms with E-state index in [4.69, 9.17) is 9.84 Å². The van der Waals surface area contributed by atoms with Gasteiger partial charge >= 0.3 is 82.2 Å². The van der Waals surface area contributed by atoms with Gasteiger partial charge in [-0.15, -0.1) is 0 Å². The van der Waals surface area contributed by atoms with E-state index in [1.807, 2.05) is 6.92 Å². The molecule has 0 rings (SSSR count). The van der Waals surface area contributed by atoms with Crippen LogP contribution in [-0.4, -0.2) is 22.6 Å². The first-order valence-corrected chi connectivity index (χ1v) is 10.4. The van der Waals surface area contributed by atoms with Crippen molar-refractivity contribution in [3.8, 4) is 0 Å². The molecule has 6 heteroatoms. The summed E-state index contributed by atoms with van der Waals surface area (Å²) in [6.07, 6.45) is 15.9. The third-order valence-electron chi connectivity index (χ3n) is 4.77. The maximum Gasteiger partial charge on any atom is 1.00 e. The largest absolute Gasteiger partial charge is 1.00 e. The van der Waals surface area contributed by atoms with Gasteiger partial charge in [-0.2, -0.15) is 0 Å². The summed E-state index contributed by atoms with van der Waals surface area (Å²) in [6.45, 7) is 6.31. The molecule has 0 bridgehead atoms. The molecule has 0 aromatic rings. The fraction of sp³-hybridized carbons (Fsp3) is 0.905. The maximum absolute atomic E-state index is 11.7. The third kappa shape index (κ3) is 21.7. The molecule has 0 amide bonds. The average molecular weight is 405 g/mol. The van der Waals surface area contributed by atoms with Gasteiger partial charge in [0.2, 0.25) is 0 Å². The summed E-state index contributed by atoms with van der Waals surface area (Å²) >= 11 is 0. The molecule has 0 aliphatic heterocycles. The summed E-state index contributed by atoms with van der Waals surface area (Å²) in [4.78, 5) is 22.4. The summed E-state index contributed by atoms with van der Waals surface area (Å²) in [5.74, 6) is -1.74. The van der Waals surface area contributed by atoms with Gasteiger partial charge in [-0.05, 0) is 32.6 Å². The van der Waals surface area contributed by atoms with Gasteiger partial charge in [0.25, 0.3) is 0 Å². The first-order chi connectivity index (χ1) is 11.9. The van der Waals surface area contributed by atoms with Gasteiger partial charge in [-0.25, -0.2) is 0 Å². The molecule has 1 N–H and O–H groups in total. The number of rotatable bonds is 17. The first kappa shape index (κ1) is 32.8. The normalized spacial score (nSPS) is 12.4. The second-order valence-electron chi connectivity index (χ2n) is 7.53. The molecule has 152 valence electrons. The first-order valence-electron chi connectivity index (χ1n) is 10.4. The number of unbranched alkanes of at least 4 members (excludes halogenated alkanes) is 10. The SMILES string of the molecule is CCCCCCCCCCCCC(C)(CCCC)OC(=O)CC(=O)O.[H-].[H-].[K+].[Li+]. The van der Waals surface area contributed by atoms with E-state index in [0.717, 1.165) is 38.5 Å². The molecule has 0 aliphatic carbocycles. The molecule has 0 saturated carbocycles. The molecule has 0 spiro atoms. The van der Waals surface area contributed by atoms with Crippen LogP contribution >= 0.6 is 0 Å². The molecule has 27 heavy (non-hydrogen) atoms. The quantitative estimate of drug-likeness (QED) is 0.166. The van der Waals surface area contributed by atoms with Gasteiger partial charge in [0.1, 0.15) is 12.0 Å². The van der Waals surface area contributed by atoms with Gasteiger partial charge in [-0.3, -0.25) is 9.59 Å². The Kier molecular flexibility index (Phi) is 26.6. The van der Waals surface area contributed by atoms with Gasteiger partial charge < -0.3 is 12.7 Å². The summed E-state index contributed by atoms with van der Waals surface area (Å²) < 4.78 is 5.51. The van der Waals surface area contributed by atoms with Crippen LogP contribution in [0, 0.1) is 0 Å². The molecule has 0 aromatic heterocycles. The van der Waals surface area contributed by atoms with Gasteiger partial charge in [0.05, 0.1) is 0 Å². The molecule has 1 unspecified atom stereocenters. The number of carboxylic acids is 1. The molecule has 0 radical (unpaired) electrons. The predicted molar refractivity (Wildman–Crippen MR) is 105 cm³/mol. The Morgan fingerprint density at radius 2 is 1.22 bits per heavy atom. The van der Waals surface area contributed by atoms with E-state index in [1.54, 1.807) is 0 Å². The summed E-state index contributed by atoms with van der Waals surface area (Å²) in [5, 5.41) is 8.72. The Bertz CT molecular complexity index is 377. The van der Waals surface area contributed by atoms with Crippen LogP contribution < -0.4 is 70.2 Å². The van der Waals surface area contributed by atoms with E-state index in [1.165, 1.54) is 51.4 Å². The Morgan fingerprint density at radius 3 is 1.67 bits per heavy atom. The molecule has 0 fully saturated rings. The number of hydrogen-bond acceptors (Lipinski definition) is 3. The number of carbonyl (C=O) groups excluding carboxylic acids is 1. The zero-order valence-electron chi connectivity index (χ0n) is 20.8. The fourth-order valence-electron chi connectivity index (χ4n) is 3.20. The number of hydrogen-bond donors (Lipinski definition) is 1. The van der Waals surface area contributed by atoms with E-state index in [9.17, 15) is 9.59 Å². The minimum Gasteiger partial charge on any atom is -1.00 e. The van der Waals surface area contributed by atoms with Crippen molar-refractivity contribution in [1.82, 2.24) is 0 Å². The number of aliphatic carboxylic acids is 1. The third-order valence-corrected chi connectivity index (χ3v) is 4.77. The van der Waals surface area contributed by atoms with Crippen molar-refractivity contribution in [2.75, 3.05) is 0 Å². The van der Waals surface area contributed by atoms with Crippen LogP contribution in [-0.2, 0) is 14.3 Å². The van der Waals surface area contributed by atoms with Gasteiger partial charge in [-0.1, -0.05) is 78.1 Å². The van der Waals surface area contributed by atoms with Crippen LogP contribution in [0.5, 0.6) is 0 Å². The van der Waals surface area contributed by atoms with Crippen LogP contribution in [0.2, 0.25) is 0 Å². The molecule has 1 atom stereocenters. The summed E-state index contributed by atoms with van der Waals surface area (Å²) in [6, 6.07) is 0. The molecule has 0 aromatic carbocycles. The van der Waals surface area contributed by atoms with Crippen LogP contribution in [0.3, 0.4) is 0 Å². The standard InChI is InChI=1S/C21H40O4.K.Li.2H/c1-4-6-8-9-10-11-12-13-14-15-17-21(3,16-7-5-2)25-20(24)18-19(22)23;;;;/h4-18H2,1-3H3,(H,22,23);;;;/q;2*+1;2*-1. The molecule has 4 nitrogen and oxygen atoms in total. The number of ether oxygens (including phenoxy) is 1. The summed E-state index contributed by atoms with van der Waals surface area (Å²) in [7, 11) is 0. The van der Waals surface area contributed by atoms with Crippen LogP contribution in [0.15, 0.2) is 0 Å². The van der Waals surface area contributed by atoms with Crippen molar-refractivity contribution in [2.45, 2.75) is 123 Å². The zero-order valence-corrected chi connectivity index (χ0v) is 21.9. The Balaban J connectivity index is -0.000000480. The van der Waals surface area contributed by atoms with E-state index in [0.29, 0.717) is 0 Å². The maximum atomic E-state index is 11.7. The van der Waals surface area contributed by atoms with Crippen molar-refractivity contribution < 1.29 is 92.5 Å². The van der Waals surface area contributed by atoms with Crippen molar-refractivity contribution in [3.05, 3.63) is 0 Å². The van der Waals surface area contributed by atoms with Crippen LogP contribution in [0.4, 0.5) is 0 Å². The Labute approximate surface area is 224 Å². The minimum atomic E-state index is -1.12. The van der Waals surface area contributed by atoms with Gasteiger partial charge in [0, 0.05) is 0 Å². The minimum absolute atomic E-state index is 0. The van der Waals surface area contributed by atoms with Crippen molar-refractivity contribution in [3.63, 3.8) is 0 Å². The second-order valence-corrected chi connectivity index (χ2v) is 7.53. The molecular weight excluding hydrogens is 362 g/mol. The molecular formula is C21H42KLiO4. The fourth-order valence-corrected chi connectivity index (χ4v) is 3.20. The smallest absolute Gasteiger partial charge is 1.00 e. The number of esters is 1. The van der Waals surface area contributed by atoms with E-state index < -0.39 is 24.0 Å². The van der Waals surface area contributed by atoms with Crippen LogP contribution in [0.25, 0.3) is 0 Å². The van der Waals surface area contributed by atoms with Crippen molar-refractivity contribution >= 4 is 11.9 Å². The molecule has 0 heterocycles. The van der Waals surface area contributed by atoms with E-state index in [-0.39, 0.29) is 73.1 Å². The van der Waals surface area contributed by atoms with Gasteiger partial charge in [0.15, 0.2) is 0 Å². The number of carboxylic acid groups (broad SMARTS) is 1.